The van der Waals surface area contributed by atoms with Gasteiger partial charge in [0.05, 0.1) is 5.56 Å². The first-order chi connectivity index (χ1) is 7.74. The first kappa shape index (κ1) is 11.2. The van der Waals surface area contributed by atoms with Crippen LogP contribution in [0.4, 0.5) is 5.82 Å². The predicted octanol–water partition coefficient (Wildman–Crippen LogP) is 2.99. The van der Waals surface area contributed by atoms with Crippen molar-refractivity contribution >= 4 is 17.4 Å². The Morgan fingerprint density at radius 1 is 1.50 bits per heavy atom. The Morgan fingerprint density at radius 3 is 2.81 bits per heavy atom. The second kappa shape index (κ2) is 4.71. The molecule has 0 aromatic carbocycles. The summed E-state index contributed by atoms with van der Waals surface area (Å²) in [4.78, 5) is 6.38. The lowest BCUT2D eigenvalue weighted by Gasteiger charge is -2.26. The van der Waals surface area contributed by atoms with E-state index in [0.29, 0.717) is 16.6 Å². The van der Waals surface area contributed by atoms with Crippen molar-refractivity contribution in [3.05, 3.63) is 22.8 Å². The minimum Gasteiger partial charge on any atom is -0.355 e. The fourth-order valence-corrected chi connectivity index (χ4v) is 2.52. The van der Waals surface area contributed by atoms with Gasteiger partial charge in [-0.2, -0.15) is 5.26 Å². The standard InChI is InChI=1S/C12H14ClN3/c1-16(10-4-2-3-5-10)12-11(13)9(8-14)6-7-15-12/h6-7,10H,2-5H2,1H3. The van der Waals surface area contributed by atoms with E-state index in [1.807, 2.05) is 7.05 Å². The Hall–Kier alpha value is -1.27. The maximum absolute atomic E-state index is 8.91. The van der Waals surface area contributed by atoms with Crippen LogP contribution in [-0.2, 0) is 0 Å². The van der Waals surface area contributed by atoms with Crippen molar-refractivity contribution in [1.29, 1.82) is 5.26 Å². The highest BCUT2D eigenvalue weighted by Crippen LogP contribution is 2.31. The Balaban J connectivity index is 2.29. The maximum Gasteiger partial charge on any atom is 0.148 e. The molecule has 1 fully saturated rings. The molecule has 1 heterocycles. The molecule has 4 heteroatoms. The molecule has 1 saturated carbocycles. The van der Waals surface area contributed by atoms with Crippen LogP contribution in [0.3, 0.4) is 0 Å². The molecule has 0 N–H and O–H groups in total. The van der Waals surface area contributed by atoms with E-state index in [0.717, 1.165) is 5.82 Å². The molecule has 0 saturated heterocycles. The van der Waals surface area contributed by atoms with Gasteiger partial charge in [0.1, 0.15) is 16.9 Å². The molecule has 2 rings (SSSR count). The van der Waals surface area contributed by atoms with Crippen molar-refractivity contribution in [3.8, 4) is 6.07 Å². The zero-order valence-electron chi connectivity index (χ0n) is 9.28. The van der Waals surface area contributed by atoms with Gasteiger partial charge >= 0.3 is 0 Å². The Bertz CT molecular complexity index is 419. The first-order valence-corrected chi connectivity index (χ1v) is 5.89. The summed E-state index contributed by atoms with van der Waals surface area (Å²) in [6.45, 7) is 0. The third-order valence-electron chi connectivity index (χ3n) is 3.20. The zero-order valence-corrected chi connectivity index (χ0v) is 10.0. The topological polar surface area (TPSA) is 39.9 Å². The lowest BCUT2D eigenvalue weighted by molar-refractivity contribution is 0.646. The van der Waals surface area contributed by atoms with Crippen LogP contribution in [0.5, 0.6) is 0 Å². The summed E-state index contributed by atoms with van der Waals surface area (Å²) in [7, 11) is 2.01. The van der Waals surface area contributed by atoms with E-state index in [-0.39, 0.29) is 0 Å². The van der Waals surface area contributed by atoms with E-state index in [9.17, 15) is 0 Å². The normalized spacial score (nSPS) is 16.1. The monoisotopic (exact) mass is 235 g/mol. The van der Waals surface area contributed by atoms with Gasteiger partial charge in [0.15, 0.2) is 0 Å². The molecule has 1 aromatic heterocycles. The number of aromatic nitrogens is 1. The molecule has 0 aliphatic heterocycles. The van der Waals surface area contributed by atoms with Gasteiger partial charge < -0.3 is 4.90 Å². The molecule has 1 aliphatic rings. The van der Waals surface area contributed by atoms with E-state index >= 15 is 0 Å². The van der Waals surface area contributed by atoms with E-state index in [4.69, 9.17) is 16.9 Å². The molecule has 0 spiro atoms. The summed E-state index contributed by atoms with van der Waals surface area (Å²) < 4.78 is 0. The highest BCUT2D eigenvalue weighted by molar-refractivity contribution is 6.34. The number of rotatable bonds is 2. The number of anilines is 1. The Labute approximate surface area is 101 Å². The summed E-state index contributed by atoms with van der Waals surface area (Å²) in [6.07, 6.45) is 6.55. The van der Waals surface area contributed by atoms with E-state index < -0.39 is 0 Å². The van der Waals surface area contributed by atoms with Crippen molar-refractivity contribution in [3.63, 3.8) is 0 Å². The molecule has 0 radical (unpaired) electrons. The van der Waals surface area contributed by atoms with E-state index in [1.54, 1.807) is 12.3 Å². The molecule has 84 valence electrons. The van der Waals surface area contributed by atoms with Crippen LogP contribution in [0.25, 0.3) is 0 Å². The smallest absolute Gasteiger partial charge is 0.148 e. The molecule has 0 amide bonds. The van der Waals surface area contributed by atoms with Crippen LogP contribution in [0.1, 0.15) is 31.2 Å². The molecule has 0 unspecified atom stereocenters. The summed E-state index contributed by atoms with van der Waals surface area (Å²) >= 11 is 6.16. The molecular formula is C12H14ClN3. The zero-order chi connectivity index (χ0) is 11.5. The van der Waals surface area contributed by atoms with Crippen LogP contribution in [0, 0.1) is 11.3 Å². The van der Waals surface area contributed by atoms with Gasteiger partial charge in [0.2, 0.25) is 0 Å². The van der Waals surface area contributed by atoms with Gasteiger partial charge in [0.25, 0.3) is 0 Å². The summed E-state index contributed by atoms with van der Waals surface area (Å²) in [5.74, 6) is 0.729. The quantitative estimate of drug-likeness (QED) is 0.791. The molecule has 3 nitrogen and oxygen atoms in total. The van der Waals surface area contributed by atoms with Crippen molar-refractivity contribution < 1.29 is 0 Å². The van der Waals surface area contributed by atoms with E-state index in [1.165, 1.54) is 25.7 Å². The van der Waals surface area contributed by atoms with Gasteiger partial charge in [-0.1, -0.05) is 24.4 Å². The number of nitriles is 1. The van der Waals surface area contributed by atoms with Crippen molar-refractivity contribution in [1.82, 2.24) is 4.98 Å². The number of nitrogens with zero attached hydrogens (tertiary/aromatic N) is 3. The average molecular weight is 236 g/mol. The number of hydrogen-bond acceptors (Lipinski definition) is 3. The highest BCUT2D eigenvalue weighted by Gasteiger charge is 2.22. The average Bonchev–Trinajstić information content (AvgIpc) is 2.82. The third kappa shape index (κ3) is 1.98. The van der Waals surface area contributed by atoms with Gasteiger partial charge in [-0.25, -0.2) is 4.98 Å². The van der Waals surface area contributed by atoms with Gasteiger partial charge in [-0.3, -0.25) is 0 Å². The highest BCUT2D eigenvalue weighted by atomic mass is 35.5. The Kier molecular flexibility index (Phi) is 3.31. The minimum absolute atomic E-state index is 0.472. The van der Waals surface area contributed by atoms with Crippen LogP contribution in [0.15, 0.2) is 12.3 Å². The largest absolute Gasteiger partial charge is 0.355 e. The van der Waals surface area contributed by atoms with Crippen molar-refractivity contribution in [2.24, 2.45) is 0 Å². The minimum atomic E-state index is 0.472. The molecule has 16 heavy (non-hydrogen) atoms. The number of halogens is 1. The third-order valence-corrected chi connectivity index (χ3v) is 3.57. The lowest BCUT2D eigenvalue weighted by atomic mass is 10.2. The maximum atomic E-state index is 8.91. The summed E-state index contributed by atoms with van der Waals surface area (Å²) in [6, 6.07) is 4.24. The van der Waals surface area contributed by atoms with Crippen LogP contribution in [-0.4, -0.2) is 18.1 Å². The fourth-order valence-electron chi connectivity index (χ4n) is 2.23. The van der Waals surface area contributed by atoms with Crippen LogP contribution < -0.4 is 4.90 Å². The predicted molar refractivity (Wildman–Crippen MR) is 64.6 cm³/mol. The Morgan fingerprint density at radius 2 is 2.19 bits per heavy atom. The van der Waals surface area contributed by atoms with E-state index in [2.05, 4.69) is 16.0 Å². The van der Waals surface area contributed by atoms with Gasteiger partial charge in [-0.15, -0.1) is 0 Å². The van der Waals surface area contributed by atoms with Gasteiger partial charge in [-0.05, 0) is 18.9 Å². The lowest BCUT2D eigenvalue weighted by Crippen LogP contribution is -2.29. The van der Waals surface area contributed by atoms with Crippen molar-refractivity contribution in [2.75, 3.05) is 11.9 Å². The summed E-state index contributed by atoms with van der Waals surface area (Å²) in [5, 5.41) is 9.38. The van der Waals surface area contributed by atoms with Gasteiger partial charge in [0, 0.05) is 19.3 Å². The molecule has 1 aliphatic carbocycles. The second-order valence-electron chi connectivity index (χ2n) is 4.16. The first-order valence-electron chi connectivity index (χ1n) is 5.51. The molecular weight excluding hydrogens is 222 g/mol. The van der Waals surface area contributed by atoms with Crippen LogP contribution in [0.2, 0.25) is 5.02 Å². The number of hydrogen-bond donors (Lipinski definition) is 0. The molecule has 0 bridgehead atoms. The van der Waals surface area contributed by atoms with Crippen LogP contribution >= 0.6 is 11.6 Å². The number of pyridine rings is 1. The SMILES string of the molecule is CN(c1nccc(C#N)c1Cl)C1CCCC1. The second-order valence-corrected chi connectivity index (χ2v) is 4.54. The molecule has 1 aromatic rings. The summed E-state index contributed by atoms with van der Waals surface area (Å²) in [5.41, 5.74) is 0.497. The van der Waals surface area contributed by atoms with Crippen molar-refractivity contribution in [2.45, 2.75) is 31.7 Å². The molecule has 0 atom stereocenters. The fraction of sp³-hybridized carbons (Fsp3) is 0.500.